The fourth-order valence-corrected chi connectivity index (χ4v) is 5.96. The van der Waals surface area contributed by atoms with Crippen molar-refractivity contribution in [1.82, 2.24) is 53.2 Å². The van der Waals surface area contributed by atoms with Crippen molar-refractivity contribution < 1.29 is 22.2 Å². The number of aromatic nitrogens is 12. The summed E-state index contributed by atoms with van der Waals surface area (Å²) in [6, 6.07) is 9.16. The molecule has 0 saturated heterocycles. The molecule has 287 valence electrons. The van der Waals surface area contributed by atoms with E-state index in [2.05, 4.69) is 103 Å². The molecule has 54 heavy (non-hydrogen) atoms. The minimum atomic E-state index is 0.380. The van der Waals surface area contributed by atoms with E-state index in [1.807, 2.05) is 102 Å². The number of rotatable bonds is 12. The maximum atomic E-state index is 5.66. The molecule has 7 heterocycles. The van der Waals surface area contributed by atoms with E-state index in [-0.39, 0.29) is 0 Å². The Hall–Kier alpha value is -4.76. The van der Waals surface area contributed by atoms with Gasteiger partial charge in [-0.15, -0.1) is 0 Å². The summed E-state index contributed by atoms with van der Waals surface area (Å²) in [7, 11) is 4.67. The van der Waals surface area contributed by atoms with E-state index in [4.69, 9.17) is 5.73 Å². The number of nitrogens with zero attached hydrogens (tertiary/aromatic N) is 12. The molecule has 7 aromatic heterocycles. The number of hydrogen-bond donors (Lipinski definition) is 1. The number of hydrogen-bond acceptors (Lipinski definition) is 7. The molecule has 7 rings (SSSR count). The summed E-state index contributed by atoms with van der Waals surface area (Å²) in [6.45, 7) is 14.1. The molecule has 0 aliphatic heterocycles. The Bertz CT molecular complexity index is 1970. The van der Waals surface area contributed by atoms with Crippen LogP contribution in [0.5, 0.6) is 0 Å². The summed E-state index contributed by atoms with van der Waals surface area (Å²) in [6.07, 6.45) is 32.4. The van der Waals surface area contributed by atoms with Crippen LogP contribution in [-0.2, 0) is 24.1 Å². The van der Waals surface area contributed by atoms with Gasteiger partial charge in [0, 0.05) is 74.6 Å². The molecule has 2 N–H and O–H groups in total. The van der Waals surface area contributed by atoms with Gasteiger partial charge >= 0.3 is 27.2 Å². The van der Waals surface area contributed by atoms with Gasteiger partial charge in [-0.2, -0.15) is 10.2 Å². The van der Waals surface area contributed by atoms with Crippen LogP contribution in [0, 0.1) is 27.7 Å². The van der Waals surface area contributed by atoms with E-state index >= 15 is 0 Å². The Morgan fingerprint density at radius 1 is 0.722 bits per heavy atom. The third kappa shape index (κ3) is 12.7. The summed E-state index contributed by atoms with van der Waals surface area (Å²) in [5, 5.41) is 8.36. The van der Waals surface area contributed by atoms with Gasteiger partial charge in [-0.1, -0.05) is 6.92 Å². The molecule has 0 spiro atoms. The van der Waals surface area contributed by atoms with Gasteiger partial charge in [0.05, 0.1) is 31.1 Å². The zero-order chi connectivity index (χ0) is 38.9. The van der Waals surface area contributed by atoms with Gasteiger partial charge in [-0.05, 0) is 94.0 Å². The second-order valence-electron chi connectivity index (χ2n) is 13.3. The molecule has 0 amide bonds. The fraction of sp³-hybridized carbons (Fsp3) is 0.359. The Morgan fingerprint density at radius 2 is 1.26 bits per heavy atom. The van der Waals surface area contributed by atoms with Crippen LogP contribution in [0.25, 0.3) is 11.6 Å². The van der Waals surface area contributed by atoms with Crippen molar-refractivity contribution in [2.24, 2.45) is 5.73 Å². The van der Waals surface area contributed by atoms with Crippen molar-refractivity contribution in [3.8, 4) is 11.6 Å². The molecule has 0 aliphatic rings. The topological polar surface area (TPSA) is 132 Å². The number of aryl methyl sites for hydroxylation is 4. The molecule has 0 bridgehead atoms. The van der Waals surface area contributed by atoms with Crippen molar-refractivity contribution in [2.75, 3.05) is 6.54 Å². The van der Waals surface area contributed by atoms with Crippen LogP contribution in [0.1, 0.15) is 73.5 Å². The maximum absolute atomic E-state index is 5.66. The van der Waals surface area contributed by atoms with E-state index in [0.29, 0.717) is 24.7 Å². The van der Waals surface area contributed by atoms with Crippen LogP contribution in [0.3, 0.4) is 0 Å². The fourth-order valence-electron chi connectivity index (χ4n) is 5.96. The molecule has 0 saturated carbocycles. The van der Waals surface area contributed by atoms with Crippen LogP contribution < -0.4 is 10.3 Å². The van der Waals surface area contributed by atoms with Gasteiger partial charge in [0.2, 0.25) is 6.33 Å². The Balaban J connectivity index is 0.000000194. The minimum absolute atomic E-state index is 0.380. The second kappa shape index (κ2) is 21.8. The molecular formula is C39H52ClN13Os+. The van der Waals surface area contributed by atoms with E-state index in [1.165, 1.54) is 28.7 Å². The predicted molar refractivity (Wildman–Crippen MR) is 208 cm³/mol. The van der Waals surface area contributed by atoms with Crippen molar-refractivity contribution in [3.05, 3.63) is 140 Å². The average Bonchev–Trinajstić information content (AvgIpc) is 4.03. The van der Waals surface area contributed by atoms with Gasteiger partial charge < -0.3 is 14.9 Å². The first-order valence-electron chi connectivity index (χ1n) is 18.0. The molecule has 0 aromatic carbocycles. The first-order chi connectivity index (χ1) is 26.2. The third-order valence-electron chi connectivity index (χ3n) is 8.82. The molecule has 3 atom stereocenters. The van der Waals surface area contributed by atoms with E-state index in [0.717, 1.165) is 48.6 Å². The van der Waals surface area contributed by atoms with Crippen molar-refractivity contribution in [1.29, 1.82) is 0 Å². The van der Waals surface area contributed by atoms with Crippen LogP contribution in [0.2, 0.25) is 0 Å². The number of imidazole rings is 3. The molecule has 13 nitrogen and oxygen atoms in total. The molecular weight excluding hydrogens is 876 g/mol. The first-order valence-corrected chi connectivity index (χ1v) is 21.1. The predicted octanol–water partition coefficient (Wildman–Crippen LogP) is 6.82. The first kappa shape index (κ1) is 42.0. The van der Waals surface area contributed by atoms with Crippen LogP contribution in [0.4, 0.5) is 0 Å². The molecule has 7 aromatic rings. The van der Waals surface area contributed by atoms with E-state index < -0.39 is 0 Å². The number of nitrogens with two attached hydrogens (primary N) is 1. The zero-order valence-corrected chi connectivity index (χ0v) is 35.2. The summed E-state index contributed by atoms with van der Waals surface area (Å²) >= 11 is 1.33. The van der Waals surface area contributed by atoms with E-state index in [9.17, 15) is 0 Å². The van der Waals surface area contributed by atoms with Crippen LogP contribution in [-0.4, -0.2) is 59.7 Å². The van der Waals surface area contributed by atoms with Gasteiger partial charge in [-0.3, -0.25) is 0 Å². The number of pyridine rings is 2. The second-order valence-corrected chi connectivity index (χ2v) is 13.3. The Kier molecular flexibility index (Phi) is 17.0. The summed E-state index contributed by atoms with van der Waals surface area (Å²) in [5.74, 6) is 1.74. The Morgan fingerprint density at radius 3 is 1.69 bits per heavy atom. The summed E-state index contributed by atoms with van der Waals surface area (Å²) in [4.78, 5) is 16.9. The monoisotopic (exact) mass is 929 g/mol. The standard InChI is InChI=1S/C19H30N7.2C10H11N3.ClH.Os/c1-3-18(24-8-5-21-14-24)13-19(25-9-6-22-15-25)12-17(2)26-11-10-23(16-26)7-4-20;2*1-8-3-4-11-10(5-8)13-7-9(2)6-12-13;;/h5-6,8-11,14-19H,3-4,7,12-13,20H2,1-2H3;2*3-7H,1-2H3;1H;/q+1;;;;+1/p-1. The van der Waals surface area contributed by atoms with Gasteiger partial charge in [0.25, 0.3) is 0 Å². The van der Waals surface area contributed by atoms with Gasteiger partial charge in [-0.25, -0.2) is 38.4 Å². The molecule has 0 aliphatic carbocycles. The van der Waals surface area contributed by atoms with Crippen LogP contribution >= 0.6 is 9.64 Å². The van der Waals surface area contributed by atoms with Crippen molar-refractivity contribution >= 4 is 9.64 Å². The third-order valence-corrected chi connectivity index (χ3v) is 8.82. The quantitative estimate of drug-likeness (QED) is 0.133. The molecule has 15 heteroatoms. The zero-order valence-electron chi connectivity index (χ0n) is 31.9. The van der Waals surface area contributed by atoms with Gasteiger partial charge in [0.1, 0.15) is 18.9 Å². The van der Waals surface area contributed by atoms with Crippen LogP contribution in [0.15, 0.2) is 118 Å². The molecule has 0 fully saturated rings. The van der Waals surface area contributed by atoms with Crippen molar-refractivity contribution in [2.45, 2.75) is 85.5 Å². The van der Waals surface area contributed by atoms with E-state index in [1.54, 1.807) is 21.8 Å². The average molecular weight is 929 g/mol. The summed E-state index contributed by atoms with van der Waals surface area (Å²) in [5.41, 5.74) is 10.3. The normalized spacial score (nSPS) is 12.3. The molecule has 3 unspecified atom stereocenters. The molecule has 0 radical (unpaired) electrons. The number of halogens is 1. The Labute approximate surface area is 332 Å². The van der Waals surface area contributed by atoms with Crippen molar-refractivity contribution in [3.63, 3.8) is 0 Å². The SMILES string of the molecule is CCC(CC(CC(C)n1cc[n+](CCN)c1)n1ccnc1)n1ccnc1.Cc1ccnc(-n2cc(C)cn2)c1.Cc1ccnc(-n2cc(C)cn2)c1.[Cl][Os]. The van der Waals surface area contributed by atoms with Gasteiger partial charge in [0.15, 0.2) is 11.6 Å². The summed E-state index contributed by atoms with van der Waals surface area (Å²) < 4.78 is 12.4.